The van der Waals surface area contributed by atoms with Crippen LogP contribution < -0.4 is 20.1 Å². The Hall–Kier alpha value is -3.17. The first-order chi connectivity index (χ1) is 15.0. The second kappa shape index (κ2) is 8.91. The number of methoxy groups -OCH3 is 2. The van der Waals surface area contributed by atoms with E-state index in [1.54, 1.807) is 38.5 Å². The Balaban J connectivity index is 1.55. The summed E-state index contributed by atoms with van der Waals surface area (Å²) in [6, 6.07) is 30.3. The lowest BCUT2D eigenvalue weighted by Crippen LogP contribution is -2.21. The molecule has 0 amide bonds. The first-order valence-electron chi connectivity index (χ1n) is 9.86. The zero-order valence-electron chi connectivity index (χ0n) is 17.4. The molecule has 0 atom stereocenters. The topological polar surface area (TPSA) is 58.9 Å². The molecule has 4 aromatic carbocycles. The number of hydrogen-bond acceptors (Lipinski definition) is 4. The predicted octanol–water partition coefficient (Wildman–Crippen LogP) is 4.82. The highest BCUT2D eigenvalue weighted by molar-refractivity contribution is 7.79. The van der Waals surface area contributed by atoms with Crippen molar-refractivity contribution in [2.45, 2.75) is 0 Å². The molecule has 4 aromatic rings. The third kappa shape index (κ3) is 4.47. The van der Waals surface area contributed by atoms with Crippen molar-refractivity contribution in [3.63, 3.8) is 0 Å². The first-order valence-corrected chi connectivity index (χ1v) is 11.6. The summed E-state index contributed by atoms with van der Waals surface area (Å²) < 4.78 is 10.4. The van der Waals surface area contributed by atoms with E-state index in [1.165, 1.54) is 0 Å². The molecule has 0 aromatic heterocycles. The number of hydrogen-bond donors (Lipinski definition) is 2. The highest BCUT2D eigenvalue weighted by Gasteiger charge is 2.39. The fourth-order valence-electron chi connectivity index (χ4n) is 3.44. The number of benzene rings is 4. The fourth-order valence-corrected chi connectivity index (χ4v) is 4.87. The highest BCUT2D eigenvalue weighted by Crippen LogP contribution is 2.47. The Labute approximate surface area is 182 Å². The molecule has 4 nitrogen and oxygen atoms in total. The summed E-state index contributed by atoms with van der Waals surface area (Å²) in [5, 5.41) is 1.03. The van der Waals surface area contributed by atoms with Crippen LogP contribution in [0.2, 0.25) is 0 Å². The van der Waals surface area contributed by atoms with Crippen molar-refractivity contribution in [3.8, 4) is 33.8 Å². The predicted molar refractivity (Wildman–Crippen MR) is 127 cm³/mol. The van der Waals surface area contributed by atoms with E-state index in [0.717, 1.165) is 33.8 Å². The molecule has 0 unspecified atom stereocenters. The van der Waals surface area contributed by atoms with Crippen LogP contribution >= 0.6 is 7.72 Å². The number of ether oxygens (including phenoxy) is 2. The SMILES string of the molecule is COc1ccc(-c2ccc([P+](O)(O)c3ccc(-c4ccc(OC)cc4)cc3)cc2)cc1. The van der Waals surface area contributed by atoms with E-state index in [0.29, 0.717) is 10.6 Å². The van der Waals surface area contributed by atoms with Gasteiger partial charge in [0.25, 0.3) is 0 Å². The molecule has 0 aliphatic rings. The Kier molecular flexibility index (Phi) is 6.06. The van der Waals surface area contributed by atoms with Crippen LogP contribution in [-0.2, 0) is 0 Å². The van der Waals surface area contributed by atoms with E-state index >= 15 is 0 Å². The first kappa shape index (κ1) is 21.1. The summed E-state index contributed by atoms with van der Waals surface area (Å²) in [6.07, 6.45) is 0. The maximum absolute atomic E-state index is 11.0. The molecule has 0 aliphatic carbocycles. The van der Waals surface area contributed by atoms with Gasteiger partial charge in [-0.15, -0.1) is 0 Å². The molecule has 4 rings (SSSR count). The van der Waals surface area contributed by atoms with Crippen molar-refractivity contribution >= 4 is 18.3 Å². The van der Waals surface area contributed by atoms with Gasteiger partial charge in [-0.1, -0.05) is 48.5 Å². The molecule has 0 radical (unpaired) electrons. The molecule has 2 N–H and O–H groups in total. The van der Waals surface area contributed by atoms with Crippen LogP contribution in [0, 0.1) is 0 Å². The lowest BCUT2D eigenvalue weighted by atomic mass is 10.1. The van der Waals surface area contributed by atoms with E-state index < -0.39 is 7.72 Å². The standard InChI is InChI=1S/C26H24O4P/c1-29-23-11-3-19(4-12-23)21-7-15-25(16-8-21)31(27,28)26-17-9-22(10-18-26)20-5-13-24(30-2)14-6-20/h3-18,27-28H,1-2H3/q+1. The van der Waals surface area contributed by atoms with E-state index in [4.69, 9.17) is 9.47 Å². The molecule has 0 heterocycles. The second-order valence-corrected chi connectivity index (χ2v) is 9.39. The minimum absolute atomic E-state index is 0.516. The Morgan fingerprint density at radius 2 is 0.710 bits per heavy atom. The van der Waals surface area contributed by atoms with Crippen LogP contribution in [0.15, 0.2) is 97.1 Å². The van der Waals surface area contributed by atoms with Crippen LogP contribution in [0.3, 0.4) is 0 Å². The van der Waals surface area contributed by atoms with E-state index in [-0.39, 0.29) is 0 Å². The summed E-state index contributed by atoms with van der Waals surface area (Å²) in [5.74, 6) is 1.60. The smallest absolute Gasteiger partial charge is 0.333 e. The third-order valence-corrected chi connectivity index (χ3v) is 7.34. The van der Waals surface area contributed by atoms with Gasteiger partial charge in [-0.25, -0.2) is 9.79 Å². The van der Waals surface area contributed by atoms with E-state index in [1.807, 2.05) is 72.8 Å². The van der Waals surface area contributed by atoms with Crippen molar-refractivity contribution in [2.24, 2.45) is 0 Å². The average molecular weight is 431 g/mol. The second-order valence-electron chi connectivity index (χ2n) is 7.15. The van der Waals surface area contributed by atoms with Crippen molar-refractivity contribution in [1.82, 2.24) is 0 Å². The maximum atomic E-state index is 11.0. The molecule has 31 heavy (non-hydrogen) atoms. The van der Waals surface area contributed by atoms with Crippen LogP contribution in [0.25, 0.3) is 22.3 Å². The molecule has 0 fully saturated rings. The fraction of sp³-hybridized carbons (Fsp3) is 0.0769. The molecule has 5 heteroatoms. The monoisotopic (exact) mass is 431 g/mol. The lowest BCUT2D eigenvalue weighted by Gasteiger charge is -2.13. The summed E-state index contributed by atoms with van der Waals surface area (Å²) in [6.45, 7) is 0. The zero-order chi connectivity index (χ0) is 21.8. The van der Waals surface area contributed by atoms with Gasteiger partial charge in [-0.2, -0.15) is 0 Å². The average Bonchev–Trinajstić information content (AvgIpc) is 2.84. The summed E-state index contributed by atoms with van der Waals surface area (Å²) in [7, 11) is -0.159. The van der Waals surface area contributed by atoms with Gasteiger partial charge >= 0.3 is 7.72 Å². The van der Waals surface area contributed by atoms with Crippen molar-refractivity contribution in [3.05, 3.63) is 97.1 Å². The quantitative estimate of drug-likeness (QED) is 0.430. The van der Waals surface area contributed by atoms with Gasteiger partial charge in [0, 0.05) is 0 Å². The molecule has 0 saturated heterocycles. The molecular weight excluding hydrogens is 407 g/mol. The highest BCUT2D eigenvalue weighted by atomic mass is 31.2. The van der Waals surface area contributed by atoms with E-state index in [2.05, 4.69) is 0 Å². The van der Waals surface area contributed by atoms with Gasteiger partial charge in [-0.05, 0) is 70.8 Å². The van der Waals surface area contributed by atoms with Gasteiger partial charge < -0.3 is 9.47 Å². The zero-order valence-corrected chi connectivity index (χ0v) is 18.3. The molecule has 156 valence electrons. The third-order valence-electron chi connectivity index (χ3n) is 5.30. The van der Waals surface area contributed by atoms with Gasteiger partial charge in [0.2, 0.25) is 0 Å². The van der Waals surface area contributed by atoms with Crippen molar-refractivity contribution < 1.29 is 19.3 Å². The summed E-state index contributed by atoms with van der Waals surface area (Å²) in [5.41, 5.74) is 4.08. The molecule has 0 bridgehead atoms. The Morgan fingerprint density at radius 1 is 0.452 bits per heavy atom. The normalized spacial score (nSPS) is 11.2. The van der Waals surface area contributed by atoms with Gasteiger partial charge in [-0.3, -0.25) is 0 Å². The van der Waals surface area contributed by atoms with Gasteiger partial charge in [0.15, 0.2) is 10.6 Å². The van der Waals surface area contributed by atoms with Crippen LogP contribution in [0.5, 0.6) is 11.5 Å². The minimum Gasteiger partial charge on any atom is -0.497 e. The lowest BCUT2D eigenvalue weighted by molar-refractivity contribution is 0.415. The number of rotatable bonds is 6. The largest absolute Gasteiger partial charge is 0.497 e. The van der Waals surface area contributed by atoms with Crippen molar-refractivity contribution in [1.29, 1.82) is 0 Å². The van der Waals surface area contributed by atoms with Gasteiger partial charge in [0.1, 0.15) is 11.5 Å². The van der Waals surface area contributed by atoms with Gasteiger partial charge in [0.05, 0.1) is 14.2 Å². The molecule has 0 spiro atoms. The minimum atomic E-state index is -3.44. The summed E-state index contributed by atoms with van der Waals surface area (Å²) >= 11 is 0. The summed E-state index contributed by atoms with van der Waals surface area (Å²) in [4.78, 5) is 21.9. The Bertz CT molecular complexity index is 1040. The molecule has 0 aliphatic heterocycles. The van der Waals surface area contributed by atoms with Crippen molar-refractivity contribution in [2.75, 3.05) is 14.2 Å². The molecule has 0 saturated carbocycles. The van der Waals surface area contributed by atoms with Crippen LogP contribution in [0.4, 0.5) is 0 Å². The van der Waals surface area contributed by atoms with Crippen LogP contribution in [-0.4, -0.2) is 24.0 Å². The van der Waals surface area contributed by atoms with E-state index in [9.17, 15) is 9.79 Å². The Morgan fingerprint density at radius 3 is 0.968 bits per heavy atom. The van der Waals surface area contributed by atoms with Crippen LogP contribution in [0.1, 0.15) is 0 Å². The maximum Gasteiger partial charge on any atom is 0.333 e. The molecular formula is C26H24O4P+.